The number of aldehydes is 1. The van der Waals surface area contributed by atoms with Crippen LogP contribution in [-0.2, 0) is 16.0 Å². The molecule has 2 aromatic heterocycles. The lowest BCUT2D eigenvalue weighted by Gasteiger charge is -2.33. The predicted molar refractivity (Wildman–Crippen MR) is 127 cm³/mol. The summed E-state index contributed by atoms with van der Waals surface area (Å²) in [6.45, 7) is 5.82. The number of carbonyl (C=O) groups excluding carboxylic acids is 2. The number of ketones is 1. The first kappa shape index (κ1) is 22.3. The second kappa shape index (κ2) is 9.68. The molecule has 2 N–H and O–H groups in total. The largest absolute Gasteiger partial charge is 0.353 e. The van der Waals surface area contributed by atoms with Gasteiger partial charge in [0.25, 0.3) is 0 Å². The van der Waals surface area contributed by atoms with E-state index in [-0.39, 0.29) is 0 Å². The van der Waals surface area contributed by atoms with Crippen molar-refractivity contribution in [2.75, 3.05) is 25.1 Å². The van der Waals surface area contributed by atoms with Gasteiger partial charge in [0.05, 0.1) is 16.6 Å². The number of benzene rings is 1. The number of carbonyl (C=O) groups is 2. The molecule has 166 valence electrons. The molecule has 1 saturated heterocycles. The van der Waals surface area contributed by atoms with Gasteiger partial charge in [0.2, 0.25) is 11.7 Å². The predicted octanol–water partition coefficient (Wildman–Crippen LogP) is 2.99. The van der Waals surface area contributed by atoms with E-state index in [0.29, 0.717) is 32.0 Å². The fourth-order valence-corrected chi connectivity index (χ4v) is 5.02. The maximum absolute atomic E-state index is 11.9. The van der Waals surface area contributed by atoms with E-state index in [9.17, 15) is 9.59 Å². The first-order valence-electron chi connectivity index (χ1n) is 10.6. The Morgan fingerprint density at radius 1 is 1.25 bits per heavy atom. The summed E-state index contributed by atoms with van der Waals surface area (Å²) >= 11 is 1.74. The Balaban J connectivity index is 1.35. The van der Waals surface area contributed by atoms with E-state index in [1.165, 1.54) is 10.4 Å². The van der Waals surface area contributed by atoms with Gasteiger partial charge in [0.15, 0.2) is 6.29 Å². The van der Waals surface area contributed by atoms with Gasteiger partial charge in [-0.1, -0.05) is 30.3 Å². The lowest BCUT2D eigenvalue weighted by atomic mass is 9.92. The molecule has 0 aliphatic carbocycles. The van der Waals surface area contributed by atoms with Crippen LogP contribution in [0, 0.1) is 0 Å². The molecule has 1 fully saturated rings. The third-order valence-electron chi connectivity index (χ3n) is 5.86. The minimum Gasteiger partial charge on any atom is -0.353 e. The molecule has 0 bridgehead atoms. The Morgan fingerprint density at radius 2 is 2.06 bits per heavy atom. The molecule has 1 unspecified atom stereocenters. The van der Waals surface area contributed by atoms with Crippen molar-refractivity contribution in [3.8, 4) is 10.6 Å². The lowest BCUT2D eigenvalue weighted by molar-refractivity contribution is -0.132. The highest BCUT2D eigenvalue weighted by molar-refractivity contribution is 7.15. The van der Waals surface area contributed by atoms with Gasteiger partial charge < -0.3 is 5.32 Å². The van der Waals surface area contributed by atoms with Crippen LogP contribution in [0.25, 0.3) is 10.6 Å². The van der Waals surface area contributed by atoms with E-state index in [1.54, 1.807) is 17.5 Å². The van der Waals surface area contributed by atoms with Crippen molar-refractivity contribution in [1.29, 1.82) is 0 Å². The highest BCUT2D eigenvalue weighted by atomic mass is 32.1. The Labute approximate surface area is 191 Å². The average molecular weight is 450 g/mol. The van der Waals surface area contributed by atoms with Crippen molar-refractivity contribution in [3.05, 3.63) is 65.2 Å². The van der Waals surface area contributed by atoms with E-state index in [4.69, 9.17) is 0 Å². The molecule has 8 heteroatoms. The van der Waals surface area contributed by atoms with Crippen molar-refractivity contribution in [3.63, 3.8) is 0 Å². The average Bonchev–Trinajstić information content (AvgIpc) is 3.38. The van der Waals surface area contributed by atoms with Crippen molar-refractivity contribution >= 4 is 29.4 Å². The zero-order chi connectivity index (χ0) is 22.6. The number of Topliss-reactive ketones (excluding diaryl/α,β-unsaturated/α-hetero) is 1. The number of anilines is 1. The Kier molecular flexibility index (Phi) is 6.74. The van der Waals surface area contributed by atoms with Crippen LogP contribution in [0.5, 0.6) is 0 Å². The molecule has 3 aromatic rings. The van der Waals surface area contributed by atoms with Gasteiger partial charge in [-0.05, 0) is 37.6 Å². The molecule has 1 atom stereocenters. The summed E-state index contributed by atoms with van der Waals surface area (Å²) in [5, 5.41) is 6.42. The van der Waals surface area contributed by atoms with Crippen molar-refractivity contribution < 1.29 is 9.59 Å². The third-order valence-corrected chi connectivity index (χ3v) is 6.97. The van der Waals surface area contributed by atoms with Gasteiger partial charge in [-0.3, -0.25) is 19.8 Å². The van der Waals surface area contributed by atoms with Crippen molar-refractivity contribution in [1.82, 2.24) is 20.2 Å². The molecule has 3 heterocycles. The van der Waals surface area contributed by atoms with Crippen LogP contribution in [0.3, 0.4) is 0 Å². The standard InChI is InChI=1S/C24H27N5O2S/c1-24(2)22(20(31)15-30)27-16-29(24)13-12-26-23-25-11-10-19(28-23)21-9-8-18(32-21)14-17-6-4-3-5-7-17/h3-11,15,22,27H,12-14,16H2,1-2H3,(H,25,26,28). The molecule has 4 rings (SSSR count). The minimum atomic E-state index is -0.483. The molecule has 0 radical (unpaired) electrons. The van der Waals surface area contributed by atoms with Crippen LogP contribution in [0.1, 0.15) is 24.3 Å². The van der Waals surface area contributed by atoms with Crippen molar-refractivity contribution in [2.45, 2.75) is 31.8 Å². The van der Waals surface area contributed by atoms with Gasteiger partial charge >= 0.3 is 0 Å². The number of thiophene rings is 1. The van der Waals surface area contributed by atoms with Crippen LogP contribution in [0.4, 0.5) is 5.95 Å². The van der Waals surface area contributed by atoms with E-state index < -0.39 is 17.4 Å². The fourth-order valence-electron chi connectivity index (χ4n) is 4.01. The molecule has 1 aliphatic rings. The molecule has 0 saturated carbocycles. The number of rotatable bonds is 9. The monoisotopic (exact) mass is 449 g/mol. The molecule has 0 spiro atoms. The first-order chi connectivity index (χ1) is 15.5. The highest BCUT2D eigenvalue weighted by Crippen LogP contribution is 2.28. The van der Waals surface area contributed by atoms with Gasteiger partial charge in [-0.25, -0.2) is 9.97 Å². The van der Waals surface area contributed by atoms with Gasteiger partial charge in [0, 0.05) is 42.8 Å². The Morgan fingerprint density at radius 3 is 2.84 bits per heavy atom. The normalized spacial score (nSPS) is 17.9. The summed E-state index contributed by atoms with van der Waals surface area (Å²) < 4.78 is 0. The molecular formula is C24H27N5O2S. The van der Waals surface area contributed by atoms with Crippen LogP contribution >= 0.6 is 11.3 Å². The molecule has 1 aromatic carbocycles. The Bertz CT molecular complexity index is 1080. The first-order valence-corrected chi connectivity index (χ1v) is 11.5. The van der Waals surface area contributed by atoms with Gasteiger partial charge in [-0.2, -0.15) is 0 Å². The molecule has 7 nitrogen and oxygen atoms in total. The number of aromatic nitrogens is 2. The van der Waals surface area contributed by atoms with Crippen molar-refractivity contribution in [2.24, 2.45) is 0 Å². The fraction of sp³-hybridized carbons (Fsp3) is 0.333. The van der Waals surface area contributed by atoms with E-state index >= 15 is 0 Å². The lowest BCUT2D eigenvalue weighted by Crippen LogP contribution is -2.51. The summed E-state index contributed by atoms with van der Waals surface area (Å²) in [5.41, 5.74) is 1.75. The summed E-state index contributed by atoms with van der Waals surface area (Å²) in [7, 11) is 0. The van der Waals surface area contributed by atoms with Crippen LogP contribution in [0.15, 0.2) is 54.7 Å². The molecule has 1 aliphatic heterocycles. The summed E-state index contributed by atoms with van der Waals surface area (Å²) in [6.07, 6.45) is 3.08. The Hall–Kier alpha value is -2.94. The van der Waals surface area contributed by atoms with E-state index in [2.05, 4.69) is 61.9 Å². The summed E-state index contributed by atoms with van der Waals surface area (Å²) in [5.74, 6) is 0.162. The second-order valence-electron chi connectivity index (χ2n) is 8.35. The van der Waals surface area contributed by atoms with Gasteiger partial charge in [0.1, 0.15) is 0 Å². The third kappa shape index (κ3) is 4.93. The summed E-state index contributed by atoms with van der Waals surface area (Å²) in [4.78, 5) is 36.3. The maximum atomic E-state index is 11.9. The zero-order valence-electron chi connectivity index (χ0n) is 18.2. The summed E-state index contributed by atoms with van der Waals surface area (Å²) in [6, 6.07) is 16.1. The number of nitrogens with one attached hydrogen (secondary N) is 2. The van der Waals surface area contributed by atoms with E-state index in [0.717, 1.165) is 17.0 Å². The molecular weight excluding hydrogens is 422 g/mol. The quantitative estimate of drug-likeness (QED) is 0.384. The molecule has 0 amide bonds. The number of hydrogen-bond acceptors (Lipinski definition) is 8. The van der Waals surface area contributed by atoms with Crippen LogP contribution in [0.2, 0.25) is 0 Å². The second-order valence-corrected chi connectivity index (χ2v) is 9.52. The number of nitrogens with zero attached hydrogens (tertiary/aromatic N) is 3. The topological polar surface area (TPSA) is 87.2 Å². The number of hydrogen-bond donors (Lipinski definition) is 2. The zero-order valence-corrected chi connectivity index (χ0v) is 19.1. The van der Waals surface area contributed by atoms with Gasteiger partial charge in [-0.15, -0.1) is 11.3 Å². The highest BCUT2D eigenvalue weighted by Gasteiger charge is 2.44. The van der Waals surface area contributed by atoms with E-state index in [1.807, 2.05) is 26.0 Å². The van der Waals surface area contributed by atoms with Crippen LogP contribution in [-0.4, -0.2) is 58.3 Å². The molecule has 32 heavy (non-hydrogen) atoms. The van der Waals surface area contributed by atoms with Crippen LogP contribution < -0.4 is 10.6 Å². The maximum Gasteiger partial charge on any atom is 0.223 e. The smallest absolute Gasteiger partial charge is 0.223 e. The SMILES string of the molecule is CC1(C)C(C(=O)C=O)NCN1CCNc1nccc(-c2ccc(Cc3ccccc3)s2)n1. The minimum absolute atomic E-state index is 0.399.